The van der Waals surface area contributed by atoms with E-state index in [4.69, 9.17) is 5.73 Å². The Morgan fingerprint density at radius 3 is 2.89 bits per heavy atom. The lowest BCUT2D eigenvalue weighted by atomic mass is 10.1. The predicted octanol–water partition coefficient (Wildman–Crippen LogP) is 1.90. The van der Waals surface area contributed by atoms with Crippen LogP contribution in [0, 0.1) is 6.92 Å². The highest BCUT2D eigenvalue weighted by Crippen LogP contribution is 2.21. The molecule has 0 saturated heterocycles. The molecule has 0 bridgehead atoms. The highest BCUT2D eigenvalue weighted by atomic mass is 35.5. The first kappa shape index (κ1) is 15.5. The van der Waals surface area contributed by atoms with Crippen molar-refractivity contribution in [3.63, 3.8) is 0 Å². The second-order valence-corrected chi connectivity index (χ2v) is 4.64. The van der Waals surface area contributed by atoms with Gasteiger partial charge in [-0.05, 0) is 31.4 Å². The summed E-state index contributed by atoms with van der Waals surface area (Å²) in [5, 5.41) is 4.05. The first-order valence-electron chi connectivity index (χ1n) is 6.18. The zero-order chi connectivity index (χ0) is 13.1. The third kappa shape index (κ3) is 3.49. The number of para-hydroxylation sites is 1. The predicted molar refractivity (Wildman–Crippen MR) is 80.6 cm³/mol. The second-order valence-electron chi connectivity index (χ2n) is 4.64. The summed E-state index contributed by atoms with van der Waals surface area (Å²) in [7, 11) is 0. The molecule has 5 heteroatoms. The molecule has 0 aliphatic heterocycles. The average molecular weight is 282 g/mol. The Hall–Kier alpha value is -1.52. The zero-order valence-electron chi connectivity index (χ0n) is 11.2. The fourth-order valence-corrected chi connectivity index (χ4v) is 2.05. The molecule has 4 N–H and O–H groups in total. The lowest BCUT2D eigenvalue weighted by Gasteiger charge is -2.07. The van der Waals surface area contributed by atoms with E-state index in [1.54, 1.807) is 6.92 Å². The molecule has 2 rings (SSSR count). The highest BCUT2D eigenvalue weighted by Gasteiger charge is 2.08. The van der Waals surface area contributed by atoms with Crippen LogP contribution in [0.1, 0.15) is 18.1 Å². The summed E-state index contributed by atoms with van der Waals surface area (Å²) < 4.78 is 0. The lowest BCUT2D eigenvalue weighted by Crippen LogP contribution is -2.39. The minimum absolute atomic E-state index is 0. The van der Waals surface area contributed by atoms with Gasteiger partial charge in [0.2, 0.25) is 5.91 Å². The van der Waals surface area contributed by atoms with Crippen molar-refractivity contribution in [3.8, 4) is 0 Å². The minimum Gasteiger partial charge on any atom is -0.361 e. The second kappa shape index (κ2) is 6.59. The molecule has 0 fully saturated rings. The Kier molecular flexibility index (Phi) is 5.39. The summed E-state index contributed by atoms with van der Waals surface area (Å²) >= 11 is 0. The molecule has 0 aliphatic rings. The van der Waals surface area contributed by atoms with Crippen LogP contribution in [-0.2, 0) is 11.2 Å². The molecule has 1 amide bonds. The molecule has 1 aromatic heterocycles. The van der Waals surface area contributed by atoms with Crippen LogP contribution in [0.5, 0.6) is 0 Å². The van der Waals surface area contributed by atoms with Crippen molar-refractivity contribution in [3.05, 3.63) is 35.5 Å². The monoisotopic (exact) mass is 281 g/mol. The molecular formula is C14H20ClN3O. The number of carbonyl (C=O) groups excluding carboxylic acids is 1. The Labute approximate surface area is 119 Å². The molecule has 1 heterocycles. The van der Waals surface area contributed by atoms with E-state index in [0.29, 0.717) is 6.54 Å². The van der Waals surface area contributed by atoms with Gasteiger partial charge in [0.15, 0.2) is 0 Å². The molecule has 4 nitrogen and oxygen atoms in total. The van der Waals surface area contributed by atoms with Crippen LogP contribution in [0.4, 0.5) is 0 Å². The largest absolute Gasteiger partial charge is 0.361 e. The van der Waals surface area contributed by atoms with Gasteiger partial charge in [0.05, 0.1) is 6.04 Å². The summed E-state index contributed by atoms with van der Waals surface area (Å²) in [6, 6.07) is 5.78. The van der Waals surface area contributed by atoms with Gasteiger partial charge in [-0.15, -0.1) is 12.4 Å². The van der Waals surface area contributed by atoms with Crippen molar-refractivity contribution in [2.75, 3.05) is 6.54 Å². The third-order valence-corrected chi connectivity index (χ3v) is 3.12. The number of nitrogens with two attached hydrogens (primary N) is 1. The number of nitrogens with one attached hydrogen (secondary N) is 2. The average Bonchev–Trinajstić information content (AvgIpc) is 2.74. The maximum absolute atomic E-state index is 11.3. The fourth-order valence-electron chi connectivity index (χ4n) is 2.05. The van der Waals surface area contributed by atoms with Crippen molar-refractivity contribution < 1.29 is 4.79 Å². The van der Waals surface area contributed by atoms with Crippen molar-refractivity contribution in [2.24, 2.45) is 5.73 Å². The quantitative estimate of drug-likeness (QED) is 0.801. The molecule has 1 aromatic carbocycles. The number of amides is 1. The van der Waals surface area contributed by atoms with Gasteiger partial charge in [-0.3, -0.25) is 4.79 Å². The van der Waals surface area contributed by atoms with Gasteiger partial charge in [0.1, 0.15) is 0 Å². The van der Waals surface area contributed by atoms with Gasteiger partial charge in [-0.2, -0.15) is 0 Å². The van der Waals surface area contributed by atoms with Crippen LogP contribution >= 0.6 is 12.4 Å². The summed E-state index contributed by atoms with van der Waals surface area (Å²) in [5.74, 6) is -0.106. The van der Waals surface area contributed by atoms with Gasteiger partial charge in [0.25, 0.3) is 0 Å². The molecule has 1 atom stereocenters. The van der Waals surface area contributed by atoms with Crippen molar-refractivity contribution in [2.45, 2.75) is 26.3 Å². The van der Waals surface area contributed by atoms with E-state index >= 15 is 0 Å². The summed E-state index contributed by atoms with van der Waals surface area (Å²) in [6.45, 7) is 4.38. The molecule has 104 valence electrons. The first-order valence-corrected chi connectivity index (χ1v) is 6.18. The van der Waals surface area contributed by atoms with E-state index in [2.05, 4.69) is 35.4 Å². The number of benzene rings is 1. The van der Waals surface area contributed by atoms with Gasteiger partial charge < -0.3 is 16.0 Å². The van der Waals surface area contributed by atoms with Gasteiger partial charge in [-0.1, -0.05) is 18.2 Å². The number of hydrogen-bond acceptors (Lipinski definition) is 2. The van der Waals surface area contributed by atoms with Crippen molar-refractivity contribution in [1.82, 2.24) is 10.3 Å². The molecular weight excluding hydrogens is 262 g/mol. The molecule has 19 heavy (non-hydrogen) atoms. The topological polar surface area (TPSA) is 70.9 Å². The van der Waals surface area contributed by atoms with E-state index in [0.717, 1.165) is 6.42 Å². The number of carbonyl (C=O) groups is 1. The standard InChI is InChI=1S/C14H19N3O.ClH/c1-9-4-3-5-12-11(8-17-13(9)12)6-7-16-14(18)10(2)15;/h3-5,8,10,17H,6-7,15H2,1-2H3,(H,16,18);1H/t10-;/m0./s1. The van der Waals surface area contributed by atoms with Gasteiger partial charge >= 0.3 is 0 Å². The number of aromatic nitrogens is 1. The van der Waals surface area contributed by atoms with Gasteiger partial charge in [0, 0.05) is 23.6 Å². The molecule has 2 aromatic rings. The number of aromatic amines is 1. The molecule has 0 aliphatic carbocycles. The fraction of sp³-hybridized carbons (Fsp3) is 0.357. The van der Waals surface area contributed by atoms with Crippen LogP contribution in [-0.4, -0.2) is 23.5 Å². The van der Waals surface area contributed by atoms with E-state index in [9.17, 15) is 4.79 Å². The Balaban J connectivity index is 0.00000180. The van der Waals surface area contributed by atoms with Crippen molar-refractivity contribution >= 4 is 29.2 Å². The molecule has 0 radical (unpaired) electrons. The SMILES string of the molecule is Cc1cccc2c(CCNC(=O)[C@H](C)N)c[nH]c12.Cl. The Morgan fingerprint density at radius 1 is 1.47 bits per heavy atom. The number of aryl methyl sites for hydroxylation is 1. The lowest BCUT2D eigenvalue weighted by molar-refractivity contribution is -0.121. The molecule has 0 spiro atoms. The van der Waals surface area contributed by atoms with E-state index in [1.165, 1.54) is 22.0 Å². The third-order valence-electron chi connectivity index (χ3n) is 3.12. The molecule has 0 saturated carbocycles. The van der Waals surface area contributed by atoms with Crippen LogP contribution in [0.15, 0.2) is 24.4 Å². The van der Waals surface area contributed by atoms with Crippen LogP contribution in [0.3, 0.4) is 0 Å². The number of rotatable bonds is 4. The maximum Gasteiger partial charge on any atom is 0.236 e. The number of fused-ring (bicyclic) bond motifs is 1. The van der Waals surface area contributed by atoms with Crippen LogP contribution < -0.4 is 11.1 Å². The minimum atomic E-state index is -0.449. The summed E-state index contributed by atoms with van der Waals surface area (Å²) in [4.78, 5) is 14.6. The Morgan fingerprint density at radius 2 is 2.21 bits per heavy atom. The zero-order valence-corrected chi connectivity index (χ0v) is 12.0. The number of halogens is 1. The van der Waals surface area contributed by atoms with E-state index in [1.807, 2.05) is 6.20 Å². The van der Waals surface area contributed by atoms with Crippen molar-refractivity contribution in [1.29, 1.82) is 0 Å². The smallest absolute Gasteiger partial charge is 0.236 e. The highest BCUT2D eigenvalue weighted by molar-refractivity contribution is 5.86. The number of hydrogen-bond donors (Lipinski definition) is 3. The van der Waals surface area contributed by atoms with Crippen LogP contribution in [0.2, 0.25) is 0 Å². The summed E-state index contributed by atoms with van der Waals surface area (Å²) in [5.41, 5.74) is 9.12. The van der Waals surface area contributed by atoms with Crippen LogP contribution in [0.25, 0.3) is 10.9 Å². The first-order chi connectivity index (χ1) is 8.59. The maximum atomic E-state index is 11.3. The van der Waals surface area contributed by atoms with E-state index in [-0.39, 0.29) is 18.3 Å². The summed E-state index contributed by atoms with van der Waals surface area (Å²) in [6.07, 6.45) is 2.82. The number of H-pyrrole nitrogens is 1. The molecule has 0 unspecified atom stereocenters. The van der Waals surface area contributed by atoms with E-state index < -0.39 is 6.04 Å². The Bertz CT molecular complexity index is 563. The van der Waals surface area contributed by atoms with Gasteiger partial charge in [-0.25, -0.2) is 0 Å². The normalized spacial score (nSPS) is 11.9.